The van der Waals surface area contributed by atoms with E-state index in [1.54, 1.807) is 37.4 Å². The van der Waals surface area contributed by atoms with Gasteiger partial charge >= 0.3 is 0 Å². The molecular weight excluding hydrogens is 351 g/mol. The van der Waals surface area contributed by atoms with Crippen molar-refractivity contribution in [3.8, 4) is 11.5 Å². The Morgan fingerprint density at radius 1 is 1.00 bits per heavy atom. The summed E-state index contributed by atoms with van der Waals surface area (Å²) in [6.07, 6.45) is 2.79. The number of benzene rings is 2. The van der Waals surface area contributed by atoms with Crippen molar-refractivity contribution >= 4 is 23.2 Å². The Morgan fingerprint density at radius 2 is 1.70 bits per heavy atom. The number of carbonyl (C=O) groups is 1. The summed E-state index contributed by atoms with van der Waals surface area (Å²) in [5, 5.41) is 5.67. The summed E-state index contributed by atoms with van der Waals surface area (Å²) in [4.78, 5) is 20.6. The first-order valence-corrected chi connectivity index (χ1v) is 7.97. The molecule has 0 radical (unpaired) electrons. The Bertz CT molecular complexity index is 931. The van der Waals surface area contributed by atoms with Gasteiger partial charge in [0.1, 0.15) is 17.3 Å². The molecule has 2 aromatic carbocycles. The molecule has 7 nitrogen and oxygen atoms in total. The van der Waals surface area contributed by atoms with E-state index in [2.05, 4.69) is 20.6 Å². The predicted octanol–water partition coefficient (Wildman–Crippen LogP) is 3.63. The lowest BCUT2D eigenvalue weighted by atomic mass is 10.2. The van der Waals surface area contributed by atoms with Crippen LogP contribution < -0.4 is 20.1 Å². The van der Waals surface area contributed by atoms with Crippen LogP contribution >= 0.6 is 0 Å². The van der Waals surface area contributed by atoms with Gasteiger partial charge in [-0.25, -0.2) is 14.4 Å². The molecule has 0 aliphatic carbocycles. The molecule has 0 bridgehead atoms. The summed E-state index contributed by atoms with van der Waals surface area (Å²) < 4.78 is 23.3. The molecule has 0 aliphatic heterocycles. The summed E-state index contributed by atoms with van der Waals surface area (Å²) in [7, 11) is 3.05. The number of anilines is 3. The van der Waals surface area contributed by atoms with Gasteiger partial charge in [0.2, 0.25) is 5.95 Å². The molecule has 0 saturated heterocycles. The fraction of sp³-hybridized carbons (Fsp3) is 0.105. The van der Waals surface area contributed by atoms with E-state index < -0.39 is 0 Å². The topological polar surface area (TPSA) is 85.4 Å². The monoisotopic (exact) mass is 368 g/mol. The molecule has 0 fully saturated rings. The number of nitrogens with zero attached hydrogens (tertiary/aromatic N) is 2. The number of rotatable bonds is 6. The maximum Gasteiger partial charge on any atom is 0.258 e. The zero-order chi connectivity index (χ0) is 19.2. The normalized spacial score (nSPS) is 10.2. The van der Waals surface area contributed by atoms with Gasteiger partial charge in [-0.3, -0.25) is 4.79 Å². The lowest BCUT2D eigenvalue weighted by Gasteiger charge is -2.11. The van der Waals surface area contributed by atoms with Gasteiger partial charge in [-0.15, -0.1) is 0 Å². The molecule has 0 spiro atoms. The van der Waals surface area contributed by atoms with Gasteiger partial charge in [0.25, 0.3) is 5.91 Å². The standard InChI is InChI=1S/C19H17FN4O3/c1-26-15-7-8-16(17(9-15)27-2)24-18(25)12-10-21-19(22-11-12)23-14-5-3-13(20)4-6-14/h3-11H,1-2H3,(H,24,25)(H,21,22,23). The zero-order valence-corrected chi connectivity index (χ0v) is 14.7. The van der Waals surface area contributed by atoms with Crippen molar-refractivity contribution in [2.45, 2.75) is 0 Å². The van der Waals surface area contributed by atoms with E-state index in [4.69, 9.17) is 9.47 Å². The van der Waals surface area contributed by atoms with Crippen LogP contribution in [0, 0.1) is 5.82 Å². The second-order valence-electron chi connectivity index (χ2n) is 5.45. The highest BCUT2D eigenvalue weighted by atomic mass is 19.1. The van der Waals surface area contributed by atoms with Crippen LogP contribution in [0.4, 0.5) is 21.7 Å². The van der Waals surface area contributed by atoms with Gasteiger partial charge in [-0.1, -0.05) is 0 Å². The molecule has 1 heterocycles. The molecule has 2 N–H and O–H groups in total. The minimum atomic E-state index is -0.383. The fourth-order valence-corrected chi connectivity index (χ4v) is 2.27. The van der Waals surface area contributed by atoms with Crippen LogP contribution in [0.3, 0.4) is 0 Å². The van der Waals surface area contributed by atoms with Crippen LogP contribution in [0.15, 0.2) is 54.9 Å². The van der Waals surface area contributed by atoms with E-state index in [1.807, 2.05) is 0 Å². The van der Waals surface area contributed by atoms with Crippen molar-refractivity contribution in [1.29, 1.82) is 0 Å². The first-order valence-electron chi connectivity index (χ1n) is 7.97. The average molecular weight is 368 g/mol. The van der Waals surface area contributed by atoms with Gasteiger partial charge in [-0.2, -0.15) is 0 Å². The average Bonchev–Trinajstić information content (AvgIpc) is 2.70. The van der Waals surface area contributed by atoms with Gasteiger partial charge < -0.3 is 20.1 Å². The molecule has 3 aromatic rings. The lowest BCUT2D eigenvalue weighted by molar-refractivity contribution is 0.102. The van der Waals surface area contributed by atoms with Crippen molar-refractivity contribution in [2.75, 3.05) is 24.9 Å². The van der Waals surface area contributed by atoms with Crippen molar-refractivity contribution < 1.29 is 18.7 Å². The maximum atomic E-state index is 12.9. The number of methoxy groups -OCH3 is 2. The number of ether oxygens (including phenoxy) is 2. The molecule has 138 valence electrons. The molecule has 0 saturated carbocycles. The quantitative estimate of drug-likeness (QED) is 0.691. The smallest absolute Gasteiger partial charge is 0.258 e. The van der Waals surface area contributed by atoms with Crippen molar-refractivity contribution in [3.63, 3.8) is 0 Å². The number of aromatic nitrogens is 2. The fourth-order valence-electron chi connectivity index (χ4n) is 2.27. The molecular formula is C19H17FN4O3. The van der Waals surface area contributed by atoms with Crippen LogP contribution in [0.5, 0.6) is 11.5 Å². The minimum absolute atomic E-state index is 0.275. The van der Waals surface area contributed by atoms with E-state index in [0.717, 1.165) is 0 Å². The molecule has 3 rings (SSSR count). The third-order valence-corrected chi connectivity index (χ3v) is 3.67. The summed E-state index contributed by atoms with van der Waals surface area (Å²) in [6.45, 7) is 0. The number of nitrogens with one attached hydrogen (secondary N) is 2. The first kappa shape index (κ1) is 18.1. The zero-order valence-electron chi connectivity index (χ0n) is 14.7. The Morgan fingerprint density at radius 3 is 2.33 bits per heavy atom. The minimum Gasteiger partial charge on any atom is -0.497 e. The van der Waals surface area contributed by atoms with Crippen LogP contribution in [0.25, 0.3) is 0 Å². The molecule has 1 aromatic heterocycles. The molecule has 1 amide bonds. The number of amides is 1. The molecule has 0 atom stereocenters. The number of carbonyl (C=O) groups excluding carboxylic acids is 1. The lowest BCUT2D eigenvalue weighted by Crippen LogP contribution is -2.13. The molecule has 0 aliphatic rings. The highest BCUT2D eigenvalue weighted by Gasteiger charge is 2.12. The summed E-state index contributed by atoms with van der Waals surface area (Å²) >= 11 is 0. The SMILES string of the molecule is COc1ccc(NC(=O)c2cnc(Nc3ccc(F)cc3)nc2)c(OC)c1. The highest BCUT2D eigenvalue weighted by molar-refractivity contribution is 6.04. The Kier molecular flexibility index (Phi) is 5.46. The number of hydrogen-bond acceptors (Lipinski definition) is 6. The van der Waals surface area contributed by atoms with Crippen molar-refractivity contribution in [3.05, 3.63) is 66.2 Å². The van der Waals surface area contributed by atoms with Crippen molar-refractivity contribution in [1.82, 2.24) is 9.97 Å². The van der Waals surface area contributed by atoms with Gasteiger partial charge in [0, 0.05) is 24.1 Å². The molecule has 0 unspecified atom stereocenters. The first-order chi connectivity index (χ1) is 13.1. The number of halogens is 1. The summed E-state index contributed by atoms with van der Waals surface area (Å²) in [6, 6.07) is 10.8. The van der Waals surface area contributed by atoms with Gasteiger partial charge in [-0.05, 0) is 36.4 Å². The highest BCUT2D eigenvalue weighted by Crippen LogP contribution is 2.29. The second kappa shape index (κ2) is 8.13. The number of hydrogen-bond donors (Lipinski definition) is 2. The van der Waals surface area contributed by atoms with Crippen LogP contribution in [-0.4, -0.2) is 30.1 Å². The largest absolute Gasteiger partial charge is 0.497 e. The van der Waals surface area contributed by atoms with Gasteiger partial charge in [0.15, 0.2) is 0 Å². The summed E-state index contributed by atoms with van der Waals surface area (Å²) in [5.74, 6) is 0.664. The maximum absolute atomic E-state index is 12.9. The van der Waals surface area contributed by atoms with E-state index in [-0.39, 0.29) is 17.3 Å². The second-order valence-corrected chi connectivity index (χ2v) is 5.45. The molecule has 27 heavy (non-hydrogen) atoms. The van der Waals surface area contributed by atoms with Crippen LogP contribution in [0.2, 0.25) is 0 Å². The Hall–Kier alpha value is -3.68. The van der Waals surface area contributed by atoms with Crippen LogP contribution in [0.1, 0.15) is 10.4 Å². The van der Waals surface area contributed by atoms with E-state index in [0.29, 0.717) is 28.8 Å². The third kappa shape index (κ3) is 4.49. The van der Waals surface area contributed by atoms with E-state index >= 15 is 0 Å². The molecule has 8 heteroatoms. The predicted molar refractivity (Wildman–Crippen MR) is 99.2 cm³/mol. The van der Waals surface area contributed by atoms with E-state index in [9.17, 15) is 9.18 Å². The van der Waals surface area contributed by atoms with E-state index in [1.165, 1.54) is 31.6 Å². The Balaban J connectivity index is 1.69. The van der Waals surface area contributed by atoms with Gasteiger partial charge in [0.05, 0.1) is 25.5 Å². The summed E-state index contributed by atoms with van der Waals surface area (Å²) in [5.41, 5.74) is 1.41. The Labute approximate surface area is 155 Å². The van der Waals surface area contributed by atoms with Crippen molar-refractivity contribution in [2.24, 2.45) is 0 Å². The van der Waals surface area contributed by atoms with Crippen LogP contribution in [-0.2, 0) is 0 Å². The third-order valence-electron chi connectivity index (χ3n) is 3.67.